The predicted molar refractivity (Wildman–Crippen MR) is 344 cm³/mol. The number of carbonyl (C=O) groups excluding carboxylic acids is 2. The van der Waals surface area contributed by atoms with Crippen LogP contribution in [-0.2, 0) is 32.7 Å². The van der Waals surface area contributed by atoms with Crippen molar-refractivity contribution in [2.75, 3.05) is 47.5 Å². The molecule has 0 aromatic heterocycles. The quantitative estimate of drug-likeness (QED) is 0.0211. The first-order chi connectivity index (χ1) is 39.0. The number of likely N-dealkylation sites (N-methyl/N-ethyl adjacent to an activating group) is 1. The van der Waals surface area contributed by atoms with Gasteiger partial charge in [-0.05, 0) is 83.5 Å². The molecule has 0 saturated carbocycles. The summed E-state index contributed by atoms with van der Waals surface area (Å²) in [5, 5.41) is 0. The number of unbranched alkanes of at least 4 members (excludes halogenated alkanes) is 36. The van der Waals surface area contributed by atoms with Crippen molar-refractivity contribution in [3.05, 3.63) is 72.9 Å². The Bertz CT molecular complexity index is 1580. The topological polar surface area (TPSA) is 108 Å². The Balaban J connectivity index is 4.00. The van der Waals surface area contributed by atoms with Gasteiger partial charge in [-0.1, -0.05) is 286 Å². The van der Waals surface area contributed by atoms with Crippen molar-refractivity contribution in [2.45, 2.75) is 315 Å². The highest BCUT2D eigenvalue weighted by Crippen LogP contribution is 2.43. The van der Waals surface area contributed by atoms with Gasteiger partial charge in [-0.3, -0.25) is 18.6 Å². The summed E-state index contributed by atoms with van der Waals surface area (Å²) in [6, 6.07) is 0. The molecule has 0 heterocycles. The average molecular weight is 1140 g/mol. The number of hydrogen-bond donors (Lipinski definition) is 1. The zero-order valence-electron chi connectivity index (χ0n) is 53.1. The van der Waals surface area contributed by atoms with Gasteiger partial charge in [0.1, 0.15) is 19.8 Å². The van der Waals surface area contributed by atoms with Crippen LogP contribution in [0.25, 0.3) is 0 Å². The van der Waals surface area contributed by atoms with Crippen LogP contribution in [0, 0.1) is 0 Å². The van der Waals surface area contributed by atoms with Gasteiger partial charge in [0.15, 0.2) is 6.10 Å². The molecule has 10 heteroatoms. The number of nitrogens with zero attached hydrogens (tertiary/aromatic N) is 1. The number of phosphoric acid groups is 1. The lowest BCUT2D eigenvalue weighted by molar-refractivity contribution is -0.870. The molecule has 9 nitrogen and oxygen atoms in total. The third-order valence-electron chi connectivity index (χ3n) is 14.7. The molecule has 0 amide bonds. The number of ether oxygens (including phenoxy) is 2. The van der Waals surface area contributed by atoms with Crippen molar-refractivity contribution < 1.29 is 42.1 Å². The SMILES string of the molecule is CC/C=C\C/C=C\C/C=C\C/C=C\C/C=C\CCCCCCCC(=O)OC(COC(=O)CCCCCCCCCCCCCCCCCCCCCCCCC/C=C\CCCCCCCCCC)COP(=O)(O)OCC[N+](C)(C)C. The van der Waals surface area contributed by atoms with Crippen molar-refractivity contribution >= 4 is 19.8 Å². The van der Waals surface area contributed by atoms with Crippen molar-refractivity contribution in [3.63, 3.8) is 0 Å². The van der Waals surface area contributed by atoms with Crippen LogP contribution < -0.4 is 0 Å². The number of rotatable bonds is 62. The van der Waals surface area contributed by atoms with Gasteiger partial charge in [0.2, 0.25) is 0 Å². The van der Waals surface area contributed by atoms with Gasteiger partial charge in [0.05, 0.1) is 27.7 Å². The molecular weight excluding hydrogens is 1010 g/mol. The van der Waals surface area contributed by atoms with Gasteiger partial charge < -0.3 is 18.9 Å². The van der Waals surface area contributed by atoms with E-state index in [1.165, 1.54) is 193 Å². The zero-order valence-corrected chi connectivity index (χ0v) is 54.0. The van der Waals surface area contributed by atoms with Crippen LogP contribution in [0.1, 0.15) is 309 Å². The molecular formula is C70H129NO8P+. The summed E-state index contributed by atoms with van der Waals surface area (Å²) in [7, 11) is 1.47. The Hall–Kier alpha value is -2.55. The molecule has 466 valence electrons. The monoisotopic (exact) mass is 1140 g/mol. The third kappa shape index (κ3) is 64.6. The van der Waals surface area contributed by atoms with Crippen LogP contribution in [0.5, 0.6) is 0 Å². The van der Waals surface area contributed by atoms with Crippen LogP contribution in [0.3, 0.4) is 0 Å². The van der Waals surface area contributed by atoms with E-state index < -0.39 is 26.5 Å². The molecule has 0 rings (SSSR count). The van der Waals surface area contributed by atoms with E-state index in [1.807, 2.05) is 21.1 Å². The van der Waals surface area contributed by atoms with E-state index in [9.17, 15) is 19.0 Å². The van der Waals surface area contributed by atoms with Crippen LogP contribution >= 0.6 is 7.82 Å². The number of phosphoric ester groups is 1. The maximum Gasteiger partial charge on any atom is 0.472 e. The second kappa shape index (κ2) is 61.0. The molecule has 0 aromatic carbocycles. The van der Waals surface area contributed by atoms with E-state index >= 15 is 0 Å². The lowest BCUT2D eigenvalue weighted by Gasteiger charge is -2.24. The van der Waals surface area contributed by atoms with Crippen molar-refractivity contribution in [3.8, 4) is 0 Å². The molecule has 0 aliphatic carbocycles. The highest BCUT2D eigenvalue weighted by molar-refractivity contribution is 7.47. The molecule has 0 spiro atoms. The molecule has 2 atom stereocenters. The van der Waals surface area contributed by atoms with E-state index in [4.69, 9.17) is 18.5 Å². The summed E-state index contributed by atoms with van der Waals surface area (Å²) in [6.07, 6.45) is 81.6. The minimum absolute atomic E-state index is 0.0258. The van der Waals surface area contributed by atoms with Gasteiger partial charge in [-0.15, -0.1) is 0 Å². The predicted octanol–water partition coefficient (Wildman–Crippen LogP) is 21.6. The van der Waals surface area contributed by atoms with Gasteiger partial charge in [0, 0.05) is 12.8 Å². The first-order valence-corrected chi connectivity index (χ1v) is 35.2. The number of allylic oxidation sites excluding steroid dienone is 12. The molecule has 2 unspecified atom stereocenters. The smallest absolute Gasteiger partial charge is 0.462 e. The summed E-state index contributed by atoms with van der Waals surface area (Å²) in [5.74, 6) is -0.811. The Morgan fingerprint density at radius 1 is 0.400 bits per heavy atom. The zero-order chi connectivity index (χ0) is 58.4. The van der Waals surface area contributed by atoms with Crippen molar-refractivity contribution in [1.82, 2.24) is 0 Å². The first-order valence-electron chi connectivity index (χ1n) is 33.7. The number of carbonyl (C=O) groups is 2. The minimum Gasteiger partial charge on any atom is -0.462 e. The minimum atomic E-state index is -4.40. The van der Waals surface area contributed by atoms with Gasteiger partial charge in [-0.2, -0.15) is 0 Å². The molecule has 1 N–H and O–H groups in total. The van der Waals surface area contributed by atoms with Crippen LogP contribution in [0.2, 0.25) is 0 Å². The van der Waals surface area contributed by atoms with Crippen LogP contribution in [-0.4, -0.2) is 74.9 Å². The maximum atomic E-state index is 12.8. The van der Waals surface area contributed by atoms with Gasteiger partial charge >= 0.3 is 19.8 Å². The fourth-order valence-corrected chi connectivity index (χ4v) is 10.3. The molecule has 80 heavy (non-hydrogen) atoms. The second-order valence-electron chi connectivity index (χ2n) is 23.8. The number of quaternary nitrogens is 1. The first kappa shape index (κ1) is 77.5. The lowest BCUT2D eigenvalue weighted by Crippen LogP contribution is -2.37. The molecule has 0 fully saturated rings. The number of hydrogen-bond acceptors (Lipinski definition) is 7. The van der Waals surface area contributed by atoms with E-state index in [0.717, 1.165) is 83.5 Å². The molecule has 0 aromatic rings. The Morgan fingerprint density at radius 2 is 0.713 bits per heavy atom. The second-order valence-corrected chi connectivity index (χ2v) is 25.3. The van der Waals surface area contributed by atoms with Crippen molar-refractivity contribution in [2.24, 2.45) is 0 Å². The largest absolute Gasteiger partial charge is 0.472 e. The standard InChI is InChI=1S/C70H128NO8P/c1-6-8-10-12-14-16-18-20-22-24-26-28-29-30-31-32-33-34-35-36-37-38-39-40-41-43-44-46-48-50-52-54-56-58-60-62-69(72)76-66-68(67-78-80(74,75)77-65-64-71(3,4)5)79-70(73)63-61-59-57-55-53-51-49-47-45-42-27-25-23-21-19-17-15-13-11-9-7-2/h9,11,15,17,21,23-24,26-27,42,47,49,68H,6-8,10,12-14,16,18-20,22,25,28-41,43-46,48,50-67H2,1-5H3/p+1/b11-9-,17-15-,23-21-,26-24-,42-27-,49-47-. The molecule has 0 radical (unpaired) electrons. The molecule has 0 aliphatic heterocycles. The summed E-state index contributed by atoms with van der Waals surface area (Å²) >= 11 is 0. The normalized spacial score (nSPS) is 13.6. The van der Waals surface area contributed by atoms with Crippen molar-refractivity contribution in [1.29, 1.82) is 0 Å². The van der Waals surface area contributed by atoms with E-state index in [0.29, 0.717) is 17.4 Å². The fourth-order valence-electron chi connectivity index (χ4n) is 9.57. The lowest BCUT2D eigenvalue weighted by atomic mass is 10.0. The molecule has 0 aliphatic rings. The fraction of sp³-hybridized carbons (Fsp3) is 0.800. The summed E-state index contributed by atoms with van der Waals surface area (Å²) in [5.41, 5.74) is 0. The summed E-state index contributed by atoms with van der Waals surface area (Å²) in [4.78, 5) is 35.8. The van der Waals surface area contributed by atoms with E-state index in [2.05, 4.69) is 86.8 Å². The van der Waals surface area contributed by atoms with E-state index in [-0.39, 0.29) is 32.0 Å². The van der Waals surface area contributed by atoms with Gasteiger partial charge in [0.25, 0.3) is 0 Å². The summed E-state index contributed by atoms with van der Waals surface area (Å²) in [6.45, 7) is 4.33. The van der Waals surface area contributed by atoms with Gasteiger partial charge in [-0.25, -0.2) is 4.57 Å². The Kier molecular flexibility index (Phi) is 59.1. The highest BCUT2D eigenvalue weighted by Gasteiger charge is 2.27. The van der Waals surface area contributed by atoms with E-state index in [1.54, 1.807) is 0 Å². The number of esters is 2. The Morgan fingerprint density at radius 3 is 1.07 bits per heavy atom. The average Bonchev–Trinajstić information content (AvgIpc) is 3.42. The highest BCUT2D eigenvalue weighted by atomic mass is 31.2. The molecule has 0 bridgehead atoms. The summed E-state index contributed by atoms with van der Waals surface area (Å²) < 4.78 is 34.6. The Labute approximate surface area is 495 Å². The third-order valence-corrected chi connectivity index (χ3v) is 15.7. The van der Waals surface area contributed by atoms with Crippen LogP contribution in [0.15, 0.2) is 72.9 Å². The molecule has 0 saturated heterocycles. The maximum absolute atomic E-state index is 12.8. The van der Waals surface area contributed by atoms with Crippen LogP contribution in [0.4, 0.5) is 0 Å².